The number of anilines is 1. The maximum Gasteiger partial charge on any atom is 0.258 e. The molecule has 0 radical (unpaired) electrons. The number of rotatable bonds is 2. The number of halogens is 1. The van der Waals surface area contributed by atoms with Crippen molar-refractivity contribution in [2.45, 2.75) is 0 Å². The van der Waals surface area contributed by atoms with Crippen LogP contribution in [0.25, 0.3) is 0 Å². The Kier molecular flexibility index (Phi) is 3.15. The van der Waals surface area contributed by atoms with Crippen molar-refractivity contribution in [2.24, 2.45) is 0 Å². The quantitative estimate of drug-likeness (QED) is 0.789. The Morgan fingerprint density at radius 1 is 1.29 bits per heavy atom. The van der Waals surface area contributed by atoms with E-state index >= 15 is 0 Å². The Hall–Kier alpha value is -2.21. The third-order valence-corrected chi connectivity index (χ3v) is 2.07. The molecule has 0 aromatic carbocycles. The van der Waals surface area contributed by atoms with Crippen molar-refractivity contribution >= 4 is 23.3 Å². The van der Waals surface area contributed by atoms with Crippen LogP contribution in [0.2, 0.25) is 5.15 Å². The van der Waals surface area contributed by atoms with Gasteiger partial charge in [0.15, 0.2) is 0 Å². The number of hydrogen-bond donors (Lipinski definition) is 2. The number of aromatic hydroxyl groups is 1. The molecule has 2 aromatic heterocycles. The molecule has 1 amide bonds. The molecule has 0 saturated heterocycles. The minimum absolute atomic E-state index is 0.0848. The van der Waals surface area contributed by atoms with Gasteiger partial charge in [0.1, 0.15) is 23.0 Å². The maximum atomic E-state index is 11.7. The second-order valence-corrected chi connectivity index (χ2v) is 3.50. The lowest BCUT2D eigenvalue weighted by Gasteiger charge is -2.03. The fraction of sp³-hybridized carbons (Fsp3) is 0. The van der Waals surface area contributed by atoms with Crippen molar-refractivity contribution in [2.75, 3.05) is 5.32 Å². The zero-order valence-electron chi connectivity index (χ0n) is 8.46. The van der Waals surface area contributed by atoms with Gasteiger partial charge in [-0.3, -0.25) is 9.78 Å². The molecule has 0 spiro atoms. The first kappa shape index (κ1) is 11.3. The standard InChI is InChI=1S/C10H7ClN4O2/c11-8-2-9(14-5-13-8)15-10(17)6-1-7(16)4-12-3-6/h1-5,16H,(H,13,14,15,17). The van der Waals surface area contributed by atoms with E-state index in [2.05, 4.69) is 20.3 Å². The van der Waals surface area contributed by atoms with Gasteiger partial charge in [-0.25, -0.2) is 9.97 Å². The largest absolute Gasteiger partial charge is 0.506 e. The molecule has 0 aliphatic heterocycles. The summed E-state index contributed by atoms with van der Waals surface area (Å²) in [4.78, 5) is 22.9. The van der Waals surface area contributed by atoms with Gasteiger partial charge in [0.25, 0.3) is 5.91 Å². The van der Waals surface area contributed by atoms with E-state index in [1.807, 2.05) is 0 Å². The molecule has 2 heterocycles. The third-order valence-electron chi connectivity index (χ3n) is 1.86. The topological polar surface area (TPSA) is 88.0 Å². The fourth-order valence-electron chi connectivity index (χ4n) is 1.14. The number of nitrogens with zero attached hydrogens (tertiary/aromatic N) is 3. The van der Waals surface area contributed by atoms with Gasteiger partial charge < -0.3 is 10.4 Å². The first-order valence-electron chi connectivity index (χ1n) is 4.58. The molecule has 2 rings (SSSR count). The van der Waals surface area contributed by atoms with Crippen molar-refractivity contribution in [1.29, 1.82) is 0 Å². The SMILES string of the molecule is O=C(Nc1cc(Cl)ncn1)c1cncc(O)c1. The minimum atomic E-state index is -0.442. The van der Waals surface area contributed by atoms with E-state index in [1.54, 1.807) is 0 Å². The van der Waals surface area contributed by atoms with Gasteiger partial charge in [-0.2, -0.15) is 0 Å². The lowest BCUT2D eigenvalue weighted by molar-refractivity contribution is 0.102. The van der Waals surface area contributed by atoms with E-state index in [-0.39, 0.29) is 22.3 Å². The monoisotopic (exact) mass is 250 g/mol. The molecule has 2 aromatic rings. The molecule has 0 bridgehead atoms. The summed E-state index contributed by atoms with van der Waals surface area (Å²) in [7, 11) is 0. The normalized spacial score (nSPS) is 9.94. The van der Waals surface area contributed by atoms with E-state index in [9.17, 15) is 9.90 Å². The average Bonchev–Trinajstić information content (AvgIpc) is 2.29. The third kappa shape index (κ3) is 2.88. The predicted molar refractivity (Wildman–Crippen MR) is 60.9 cm³/mol. The highest BCUT2D eigenvalue weighted by atomic mass is 35.5. The van der Waals surface area contributed by atoms with Crippen molar-refractivity contribution in [3.8, 4) is 5.75 Å². The van der Waals surface area contributed by atoms with E-state index < -0.39 is 5.91 Å². The minimum Gasteiger partial charge on any atom is -0.506 e. The molecule has 0 fully saturated rings. The molecule has 86 valence electrons. The molecule has 2 N–H and O–H groups in total. The van der Waals surface area contributed by atoms with E-state index in [1.165, 1.54) is 30.9 Å². The van der Waals surface area contributed by atoms with Crippen LogP contribution < -0.4 is 5.32 Å². The number of nitrogens with one attached hydrogen (secondary N) is 1. The zero-order chi connectivity index (χ0) is 12.3. The molecular weight excluding hydrogens is 244 g/mol. The summed E-state index contributed by atoms with van der Waals surface area (Å²) in [5, 5.41) is 11.9. The predicted octanol–water partition coefficient (Wildman–Crippen LogP) is 1.48. The van der Waals surface area contributed by atoms with Crippen molar-refractivity contribution in [1.82, 2.24) is 15.0 Å². The molecule has 0 atom stereocenters. The second-order valence-electron chi connectivity index (χ2n) is 3.11. The number of aromatic nitrogens is 3. The van der Waals surface area contributed by atoms with Crippen LogP contribution >= 0.6 is 11.6 Å². The van der Waals surface area contributed by atoms with Crippen LogP contribution in [0.5, 0.6) is 5.75 Å². The Balaban J connectivity index is 2.17. The van der Waals surface area contributed by atoms with Crippen LogP contribution in [-0.4, -0.2) is 26.0 Å². The Bertz CT molecular complexity index is 562. The number of amides is 1. The number of pyridine rings is 1. The van der Waals surface area contributed by atoms with Gasteiger partial charge >= 0.3 is 0 Å². The Morgan fingerprint density at radius 3 is 2.82 bits per heavy atom. The van der Waals surface area contributed by atoms with Crippen molar-refractivity contribution in [3.05, 3.63) is 41.6 Å². The molecule has 17 heavy (non-hydrogen) atoms. The van der Waals surface area contributed by atoms with E-state index in [0.29, 0.717) is 0 Å². The summed E-state index contributed by atoms with van der Waals surface area (Å²) in [5.41, 5.74) is 0.222. The van der Waals surface area contributed by atoms with Crippen LogP contribution in [0.4, 0.5) is 5.82 Å². The highest BCUT2D eigenvalue weighted by Gasteiger charge is 2.08. The van der Waals surface area contributed by atoms with Crippen LogP contribution in [0, 0.1) is 0 Å². The summed E-state index contributed by atoms with van der Waals surface area (Å²) in [6, 6.07) is 2.71. The second kappa shape index (κ2) is 4.75. The van der Waals surface area contributed by atoms with Gasteiger partial charge in [0.05, 0.1) is 11.8 Å². The summed E-state index contributed by atoms with van der Waals surface area (Å²) in [5.74, 6) is -0.250. The molecule has 0 aliphatic carbocycles. The summed E-state index contributed by atoms with van der Waals surface area (Å²) < 4.78 is 0. The Labute approximate surface area is 101 Å². The van der Waals surface area contributed by atoms with E-state index in [4.69, 9.17) is 11.6 Å². The summed E-state index contributed by atoms with van der Waals surface area (Å²) in [6.45, 7) is 0. The summed E-state index contributed by atoms with van der Waals surface area (Å²) in [6.07, 6.45) is 3.80. The van der Waals surface area contributed by atoms with Crippen molar-refractivity contribution < 1.29 is 9.90 Å². The molecule has 0 saturated carbocycles. The highest BCUT2D eigenvalue weighted by molar-refractivity contribution is 6.29. The number of carbonyl (C=O) groups excluding carboxylic acids is 1. The fourth-order valence-corrected chi connectivity index (χ4v) is 1.29. The zero-order valence-corrected chi connectivity index (χ0v) is 9.22. The molecule has 6 nitrogen and oxygen atoms in total. The average molecular weight is 251 g/mol. The van der Waals surface area contributed by atoms with Gasteiger partial charge in [-0.05, 0) is 6.07 Å². The molecule has 7 heteroatoms. The van der Waals surface area contributed by atoms with Crippen LogP contribution in [-0.2, 0) is 0 Å². The summed E-state index contributed by atoms with van der Waals surface area (Å²) >= 11 is 5.64. The number of hydrogen-bond acceptors (Lipinski definition) is 5. The molecule has 0 aliphatic rings. The van der Waals surface area contributed by atoms with Crippen LogP contribution in [0.3, 0.4) is 0 Å². The lowest BCUT2D eigenvalue weighted by Crippen LogP contribution is -2.13. The van der Waals surface area contributed by atoms with Crippen molar-refractivity contribution in [3.63, 3.8) is 0 Å². The van der Waals surface area contributed by atoms with Gasteiger partial charge in [-0.1, -0.05) is 11.6 Å². The van der Waals surface area contributed by atoms with Gasteiger partial charge in [-0.15, -0.1) is 0 Å². The van der Waals surface area contributed by atoms with Crippen LogP contribution in [0.1, 0.15) is 10.4 Å². The lowest BCUT2D eigenvalue weighted by atomic mass is 10.2. The first-order chi connectivity index (χ1) is 8.15. The maximum absolute atomic E-state index is 11.7. The van der Waals surface area contributed by atoms with E-state index in [0.717, 1.165) is 0 Å². The highest BCUT2D eigenvalue weighted by Crippen LogP contribution is 2.12. The van der Waals surface area contributed by atoms with Gasteiger partial charge in [0.2, 0.25) is 0 Å². The smallest absolute Gasteiger partial charge is 0.258 e. The molecule has 0 unspecified atom stereocenters. The first-order valence-corrected chi connectivity index (χ1v) is 4.96. The van der Waals surface area contributed by atoms with Gasteiger partial charge in [0, 0.05) is 12.3 Å². The van der Waals surface area contributed by atoms with Crippen LogP contribution in [0.15, 0.2) is 30.9 Å². The molecular formula is C10H7ClN4O2. The number of carbonyl (C=O) groups is 1. The Morgan fingerprint density at radius 2 is 2.12 bits per heavy atom.